The zero-order valence-corrected chi connectivity index (χ0v) is 8.29. The second-order valence-electron chi connectivity index (χ2n) is 3.23. The summed E-state index contributed by atoms with van der Waals surface area (Å²) < 4.78 is 5.15. The smallest absolute Gasteiger partial charge is 0.0530 e. The third kappa shape index (κ3) is 2.74. The lowest BCUT2D eigenvalue weighted by molar-refractivity contribution is 0.177. The summed E-state index contributed by atoms with van der Waals surface area (Å²) in [4.78, 5) is 0. The number of benzene rings is 1. The Labute approximate surface area is 79.7 Å². The zero-order chi connectivity index (χ0) is 9.68. The van der Waals surface area contributed by atoms with Crippen LogP contribution in [0.4, 0.5) is 5.69 Å². The second-order valence-corrected chi connectivity index (χ2v) is 3.23. The van der Waals surface area contributed by atoms with Gasteiger partial charge in [0, 0.05) is 18.7 Å². The van der Waals surface area contributed by atoms with E-state index in [-0.39, 0.29) is 0 Å². The van der Waals surface area contributed by atoms with E-state index >= 15 is 0 Å². The van der Waals surface area contributed by atoms with Crippen LogP contribution in [0.5, 0.6) is 0 Å². The molecule has 0 aliphatic heterocycles. The van der Waals surface area contributed by atoms with Crippen LogP contribution in [-0.2, 0) is 4.74 Å². The third-order valence-corrected chi connectivity index (χ3v) is 2.27. The maximum Gasteiger partial charge on any atom is 0.0530 e. The fraction of sp³-hybridized carbons (Fsp3) is 0.455. The molecular weight excluding hydrogens is 162 g/mol. The van der Waals surface area contributed by atoms with Crippen LogP contribution in [0.25, 0.3) is 0 Å². The van der Waals surface area contributed by atoms with Crippen LogP contribution >= 0.6 is 0 Å². The van der Waals surface area contributed by atoms with Crippen molar-refractivity contribution < 1.29 is 4.74 Å². The summed E-state index contributed by atoms with van der Waals surface area (Å²) in [7, 11) is 1.74. The SMILES string of the molecule is CCC(COC)c1ccc(N)cc1. The van der Waals surface area contributed by atoms with E-state index in [4.69, 9.17) is 10.5 Å². The summed E-state index contributed by atoms with van der Waals surface area (Å²) in [5.74, 6) is 0.491. The molecule has 0 aromatic heterocycles. The molecule has 0 amide bonds. The van der Waals surface area contributed by atoms with Crippen LogP contribution in [0, 0.1) is 0 Å². The van der Waals surface area contributed by atoms with Crippen LogP contribution in [0.1, 0.15) is 24.8 Å². The van der Waals surface area contributed by atoms with Crippen LogP contribution in [0.2, 0.25) is 0 Å². The van der Waals surface area contributed by atoms with E-state index < -0.39 is 0 Å². The molecule has 0 saturated heterocycles. The van der Waals surface area contributed by atoms with Gasteiger partial charge >= 0.3 is 0 Å². The lowest BCUT2D eigenvalue weighted by Crippen LogP contribution is -2.04. The number of nitrogens with two attached hydrogens (primary N) is 1. The molecule has 2 N–H and O–H groups in total. The molecule has 0 aliphatic carbocycles. The summed E-state index contributed by atoms with van der Waals surface area (Å²) in [5, 5.41) is 0. The van der Waals surface area contributed by atoms with E-state index in [1.807, 2.05) is 12.1 Å². The number of hydrogen-bond donors (Lipinski definition) is 1. The fourth-order valence-corrected chi connectivity index (χ4v) is 1.42. The number of anilines is 1. The van der Waals surface area contributed by atoms with Crippen molar-refractivity contribution in [3.63, 3.8) is 0 Å². The highest BCUT2D eigenvalue weighted by Crippen LogP contribution is 2.20. The fourth-order valence-electron chi connectivity index (χ4n) is 1.42. The third-order valence-electron chi connectivity index (χ3n) is 2.27. The summed E-state index contributed by atoms with van der Waals surface area (Å²) in [5.41, 5.74) is 7.73. The van der Waals surface area contributed by atoms with Gasteiger partial charge in [0.2, 0.25) is 0 Å². The quantitative estimate of drug-likeness (QED) is 0.720. The predicted molar refractivity (Wildman–Crippen MR) is 55.8 cm³/mol. The first-order valence-corrected chi connectivity index (χ1v) is 4.62. The summed E-state index contributed by atoms with van der Waals surface area (Å²) >= 11 is 0. The minimum absolute atomic E-state index is 0.491. The van der Waals surface area contributed by atoms with Gasteiger partial charge in [-0.05, 0) is 24.1 Å². The number of ether oxygens (including phenoxy) is 1. The van der Waals surface area contributed by atoms with Gasteiger partial charge in [-0.2, -0.15) is 0 Å². The van der Waals surface area contributed by atoms with Gasteiger partial charge in [-0.25, -0.2) is 0 Å². The molecule has 1 aromatic carbocycles. The Bertz CT molecular complexity index is 243. The van der Waals surface area contributed by atoms with E-state index in [1.54, 1.807) is 7.11 Å². The molecule has 1 aromatic rings. The molecule has 0 saturated carbocycles. The molecular formula is C11H17NO. The van der Waals surface area contributed by atoms with Crippen molar-refractivity contribution in [3.8, 4) is 0 Å². The minimum Gasteiger partial charge on any atom is -0.399 e. The van der Waals surface area contributed by atoms with E-state index in [9.17, 15) is 0 Å². The van der Waals surface area contributed by atoms with Gasteiger partial charge in [-0.1, -0.05) is 19.1 Å². The molecule has 1 rings (SSSR count). The van der Waals surface area contributed by atoms with Gasteiger partial charge in [-0.15, -0.1) is 0 Å². The van der Waals surface area contributed by atoms with Gasteiger partial charge in [0.1, 0.15) is 0 Å². The van der Waals surface area contributed by atoms with Crippen molar-refractivity contribution in [2.75, 3.05) is 19.5 Å². The molecule has 1 unspecified atom stereocenters. The van der Waals surface area contributed by atoms with Gasteiger partial charge < -0.3 is 10.5 Å². The number of hydrogen-bond acceptors (Lipinski definition) is 2. The van der Waals surface area contributed by atoms with E-state index in [2.05, 4.69) is 19.1 Å². The Morgan fingerprint density at radius 1 is 1.31 bits per heavy atom. The van der Waals surface area contributed by atoms with Crippen molar-refractivity contribution in [1.82, 2.24) is 0 Å². The normalized spacial score (nSPS) is 12.8. The maximum absolute atomic E-state index is 5.61. The highest BCUT2D eigenvalue weighted by Gasteiger charge is 2.07. The number of methoxy groups -OCH3 is 1. The lowest BCUT2D eigenvalue weighted by atomic mass is 9.97. The average molecular weight is 179 g/mol. The van der Waals surface area contributed by atoms with Crippen molar-refractivity contribution >= 4 is 5.69 Å². The first-order valence-electron chi connectivity index (χ1n) is 4.62. The largest absolute Gasteiger partial charge is 0.399 e. The lowest BCUT2D eigenvalue weighted by Gasteiger charge is -2.13. The van der Waals surface area contributed by atoms with Gasteiger partial charge in [0.25, 0.3) is 0 Å². The maximum atomic E-state index is 5.61. The van der Waals surface area contributed by atoms with Gasteiger partial charge in [0.15, 0.2) is 0 Å². The molecule has 2 heteroatoms. The van der Waals surface area contributed by atoms with Crippen LogP contribution in [0.15, 0.2) is 24.3 Å². The molecule has 1 atom stereocenters. The molecule has 0 bridgehead atoms. The first kappa shape index (κ1) is 10.1. The highest BCUT2D eigenvalue weighted by atomic mass is 16.5. The summed E-state index contributed by atoms with van der Waals surface area (Å²) in [6.45, 7) is 2.94. The first-order chi connectivity index (χ1) is 6.27. The van der Waals surface area contributed by atoms with Crippen LogP contribution in [0.3, 0.4) is 0 Å². The number of nitrogen functional groups attached to an aromatic ring is 1. The zero-order valence-electron chi connectivity index (χ0n) is 8.29. The Kier molecular flexibility index (Phi) is 3.77. The Morgan fingerprint density at radius 3 is 2.38 bits per heavy atom. The topological polar surface area (TPSA) is 35.2 Å². The minimum atomic E-state index is 0.491. The Balaban J connectivity index is 2.73. The molecule has 0 radical (unpaired) electrons. The molecule has 72 valence electrons. The molecule has 13 heavy (non-hydrogen) atoms. The Hall–Kier alpha value is -1.02. The van der Waals surface area contributed by atoms with Crippen molar-refractivity contribution in [1.29, 1.82) is 0 Å². The molecule has 0 aliphatic rings. The molecule has 0 fully saturated rings. The highest BCUT2D eigenvalue weighted by molar-refractivity contribution is 5.40. The van der Waals surface area contributed by atoms with Crippen LogP contribution < -0.4 is 5.73 Å². The average Bonchev–Trinajstić information content (AvgIpc) is 2.16. The van der Waals surface area contributed by atoms with E-state index in [0.717, 1.165) is 18.7 Å². The monoisotopic (exact) mass is 179 g/mol. The van der Waals surface area contributed by atoms with Crippen LogP contribution in [-0.4, -0.2) is 13.7 Å². The standard InChI is InChI=1S/C11H17NO/c1-3-9(8-13-2)10-4-6-11(12)7-5-10/h4-7,9H,3,8,12H2,1-2H3. The van der Waals surface area contributed by atoms with Crippen molar-refractivity contribution in [2.24, 2.45) is 0 Å². The predicted octanol–water partition coefficient (Wildman–Crippen LogP) is 2.41. The number of rotatable bonds is 4. The van der Waals surface area contributed by atoms with Gasteiger partial charge in [-0.3, -0.25) is 0 Å². The molecule has 0 heterocycles. The molecule has 0 spiro atoms. The van der Waals surface area contributed by atoms with E-state index in [0.29, 0.717) is 5.92 Å². The summed E-state index contributed by atoms with van der Waals surface area (Å²) in [6.07, 6.45) is 1.09. The Morgan fingerprint density at radius 2 is 1.92 bits per heavy atom. The second kappa shape index (κ2) is 4.87. The van der Waals surface area contributed by atoms with Gasteiger partial charge in [0.05, 0.1) is 6.61 Å². The van der Waals surface area contributed by atoms with Crippen molar-refractivity contribution in [3.05, 3.63) is 29.8 Å². The summed E-state index contributed by atoms with van der Waals surface area (Å²) in [6, 6.07) is 8.02. The molecule has 2 nitrogen and oxygen atoms in total. The van der Waals surface area contributed by atoms with E-state index in [1.165, 1.54) is 5.56 Å². The van der Waals surface area contributed by atoms with Crippen molar-refractivity contribution in [2.45, 2.75) is 19.3 Å².